The standard InChI is InChI=1S/C29H36BN3O3/c1-17-5-6-20(25(13-28(34)35)24-9-10-26(32-4)29(31)19(24)3)11-22(17)16-33-14-18(2)36-27-12-23(30)8-7-21(27)15-33/h5-12,18,25,32H,13-16,30-31H2,1-4H3,(H,34,35). The molecule has 0 saturated heterocycles. The molecule has 2 unspecified atom stereocenters. The van der Waals surface area contributed by atoms with E-state index in [4.69, 9.17) is 10.5 Å². The average Bonchev–Trinajstić information content (AvgIpc) is 2.97. The summed E-state index contributed by atoms with van der Waals surface area (Å²) in [6.45, 7) is 8.58. The van der Waals surface area contributed by atoms with Crippen LogP contribution in [0.4, 0.5) is 11.4 Å². The van der Waals surface area contributed by atoms with E-state index in [9.17, 15) is 9.90 Å². The summed E-state index contributed by atoms with van der Waals surface area (Å²) in [6.07, 6.45) is 0.0795. The summed E-state index contributed by atoms with van der Waals surface area (Å²) >= 11 is 0. The predicted molar refractivity (Wildman–Crippen MR) is 149 cm³/mol. The van der Waals surface area contributed by atoms with Gasteiger partial charge in [-0.3, -0.25) is 9.69 Å². The lowest BCUT2D eigenvalue weighted by Gasteiger charge is -2.25. The molecule has 4 N–H and O–H groups in total. The number of aryl methyl sites for hydroxylation is 1. The molecule has 7 heteroatoms. The first kappa shape index (κ1) is 25.6. The molecule has 4 rings (SSSR count). The maximum atomic E-state index is 11.9. The van der Waals surface area contributed by atoms with E-state index in [0.717, 1.165) is 47.8 Å². The first-order valence-electron chi connectivity index (χ1n) is 12.5. The van der Waals surface area contributed by atoms with Gasteiger partial charge in [0.2, 0.25) is 0 Å². The van der Waals surface area contributed by atoms with E-state index in [2.05, 4.69) is 68.3 Å². The van der Waals surface area contributed by atoms with Crippen molar-refractivity contribution >= 4 is 30.7 Å². The number of fused-ring (bicyclic) bond motifs is 1. The summed E-state index contributed by atoms with van der Waals surface area (Å²) in [6, 6.07) is 16.7. The highest BCUT2D eigenvalue weighted by Gasteiger charge is 2.24. The first-order valence-corrected chi connectivity index (χ1v) is 12.5. The summed E-state index contributed by atoms with van der Waals surface area (Å²) in [5.74, 6) is -0.150. The van der Waals surface area contributed by atoms with E-state index in [1.165, 1.54) is 22.2 Å². The molecular weight excluding hydrogens is 449 g/mol. The second-order valence-corrected chi connectivity index (χ2v) is 10.0. The summed E-state index contributed by atoms with van der Waals surface area (Å²) in [7, 11) is 3.92. The molecule has 0 aliphatic carbocycles. The molecule has 0 radical (unpaired) electrons. The lowest BCUT2D eigenvalue weighted by molar-refractivity contribution is -0.137. The molecular formula is C29H36BN3O3. The molecule has 1 heterocycles. The number of nitrogen functional groups attached to an aromatic ring is 1. The molecule has 0 spiro atoms. The molecule has 1 aliphatic heterocycles. The van der Waals surface area contributed by atoms with Crippen molar-refractivity contribution in [3.63, 3.8) is 0 Å². The van der Waals surface area contributed by atoms with Crippen LogP contribution in [0.15, 0.2) is 48.5 Å². The van der Waals surface area contributed by atoms with E-state index < -0.39 is 5.97 Å². The Labute approximate surface area is 214 Å². The van der Waals surface area contributed by atoms with Gasteiger partial charge in [0, 0.05) is 38.2 Å². The van der Waals surface area contributed by atoms with Crippen molar-refractivity contribution in [2.45, 2.75) is 52.3 Å². The van der Waals surface area contributed by atoms with Crippen molar-refractivity contribution in [2.75, 3.05) is 24.6 Å². The second kappa shape index (κ2) is 10.7. The van der Waals surface area contributed by atoms with Crippen molar-refractivity contribution < 1.29 is 14.6 Å². The maximum absolute atomic E-state index is 11.9. The Morgan fingerprint density at radius 3 is 2.72 bits per heavy atom. The average molecular weight is 485 g/mol. The third-order valence-corrected chi connectivity index (χ3v) is 7.21. The number of benzene rings is 3. The minimum Gasteiger partial charge on any atom is -0.489 e. The quantitative estimate of drug-likeness (QED) is 0.350. The Kier molecular flexibility index (Phi) is 7.60. The largest absolute Gasteiger partial charge is 0.489 e. The van der Waals surface area contributed by atoms with Crippen LogP contribution in [0.3, 0.4) is 0 Å². The van der Waals surface area contributed by atoms with Gasteiger partial charge in [0.15, 0.2) is 0 Å². The van der Waals surface area contributed by atoms with E-state index >= 15 is 0 Å². The number of ether oxygens (including phenoxy) is 1. The van der Waals surface area contributed by atoms with E-state index in [1.807, 2.05) is 26.1 Å². The van der Waals surface area contributed by atoms with Gasteiger partial charge in [-0.1, -0.05) is 41.9 Å². The zero-order chi connectivity index (χ0) is 26.0. The van der Waals surface area contributed by atoms with Crippen LogP contribution in [-0.4, -0.2) is 43.5 Å². The van der Waals surface area contributed by atoms with Crippen molar-refractivity contribution in [1.82, 2.24) is 4.90 Å². The molecule has 6 nitrogen and oxygen atoms in total. The predicted octanol–water partition coefficient (Wildman–Crippen LogP) is 3.58. The van der Waals surface area contributed by atoms with Crippen LogP contribution in [0.2, 0.25) is 0 Å². The second-order valence-electron chi connectivity index (χ2n) is 10.0. The Balaban J connectivity index is 1.67. The number of nitrogens with one attached hydrogen (secondary N) is 1. The highest BCUT2D eigenvalue weighted by Crippen LogP contribution is 2.36. The number of carbonyl (C=O) groups is 1. The minimum atomic E-state index is -0.830. The van der Waals surface area contributed by atoms with Crippen LogP contribution in [-0.2, 0) is 17.9 Å². The molecule has 36 heavy (non-hydrogen) atoms. The smallest absolute Gasteiger partial charge is 0.304 e. The summed E-state index contributed by atoms with van der Waals surface area (Å²) < 4.78 is 6.22. The van der Waals surface area contributed by atoms with Gasteiger partial charge in [0.1, 0.15) is 19.7 Å². The van der Waals surface area contributed by atoms with Crippen LogP contribution < -0.4 is 21.3 Å². The minimum absolute atomic E-state index is 0.00297. The van der Waals surface area contributed by atoms with Crippen molar-refractivity contribution in [2.24, 2.45) is 0 Å². The van der Waals surface area contributed by atoms with Crippen LogP contribution in [0, 0.1) is 13.8 Å². The molecule has 0 fully saturated rings. The lowest BCUT2D eigenvalue weighted by atomic mass is 9.84. The van der Waals surface area contributed by atoms with Crippen molar-refractivity contribution in [3.8, 4) is 5.75 Å². The highest BCUT2D eigenvalue weighted by molar-refractivity contribution is 6.32. The van der Waals surface area contributed by atoms with Crippen LogP contribution in [0.25, 0.3) is 0 Å². The molecule has 1 aliphatic rings. The lowest BCUT2D eigenvalue weighted by Crippen LogP contribution is -2.30. The molecule has 3 aromatic carbocycles. The molecule has 2 atom stereocenters. The number of nitrogens with zero attached hydrogens (tertiary/aromatic N) is 1. The summed E-state index contributed by atoms with van der Waals surface area (Å²) in [5, 5.41) is 12.9. The number of anilines is 2. The van der Waals surface area contributed by atoms with Gasteiger partial charge in [-0.05, 0) is 60.7 Å². The first-order chi connectivity index (χ1) is 17.2. The number of carboxylic acid groups (broad SMARTS) is 1. The molecule has 3 aromatic rings. The zero-order valence-electron chi connectivity index (χ0n) is 21.9. The summed E-state index contributed by atoms with van der Waals surface area (Å²) in [5.41, 5.74) is 15.5. The van der Waals surface area contributed by atoms with Gasteiger partial charge in [-0.2, -0.15) is 0 Å². The zero-order valence-corrected chi connectivity index (χ0v) is 21.9. The SMILES string of the molecule is Bc1ccc2c(c1)OC(C)CN(Cc1cc(C(CC(=O)O)c3ccc(NC)c(N)c3C)ccc1C)C2. The van der Waals surface area contributed by atoms with Gasteiger partial charge >= 0.3 is 5.97 Å². The Hall–Kier alpha value is -3.45. The Bertz CT molecular complexity index is 1280. The number of hydrogen-bond donors (Lipinski definition) is 3. The van der Waals surface area contributed by atoms with Gasteiger partial charge in [-0.25, -0.2) is 0 Å². The molecule has 0 amide bonds. The number of carboxylic acids is 1. The van der Waals surface area contributed by atoms with E-state index in [1.54, 1.807) is 0 Å². The van der Waals surface area contributed by atoms with Crippen LogP contribution in [0.1, 0.15) is 52.6 Å². The molecule has 0 aromatic heterocycles. The maximum Gasteiger partial charge on any atom is 0.304 e. The van der Waals surface area contributed by atoms with E-state index in [-0.39, 0.29) is 18.4 Å². The number of rotatable bonds is 7. The third-order valence-electron chi connectivity index (χ3n) is 7.21. The van der Waals surface area contributed by atoms with Gasteiger partial charge in [0.25, 0.3) is 0 Å². The van der Waals surface area contributed by atoms with Gasteiger partial charge < -0.3 is 20.9 Å². The van der Waals surface area contributed by atoms with Crippen LogP contribution >= 0.6 is 0 Å². The topological polar surface area (TPSA) is 87.8 Å². The highest BCUT2D eigenvalue weighted by atomic mass is 16.5. The van der Waals surface area contributed by atoms with Crippen molar-refractivity contribution in [1.29, 1.82) is 0 Å². The van der Waals surface area contributed by atoms with Crippen molar-refractivity contribution in [3.05, 3.63) is 81.9 Å². The third kappa shape index (κ3) is 5.52. The van der Waals surface area contributed by atoms with Gasteiger partial charge in [-0.15, -0.1) is 0 Å². The summed E-state index contributed by atoms with van der Waals surface area (Å²) in [4.78, 5) is 14.3. The van der Waals surface area contributed by atoms with Crippen LogP contribution in [0.5, 0.6) is 5.75 Å². The fourth-order valence-corrected chi connectivity index (χ4v) is 5.19. The fraction of sp³-hybridized carbons (Fsp3) is 0.345. The molecule has 188 valence electrons. The fourth-order valence-electron chi connectivity index (χ4n) is 5.19. The number of hydrogen-bond acceptors (Lipinski definition) is 5. The number of nitrogens with two attached hydrogens (primary N) is 1. The molecule has 0 saturated carbocycles. The number of aliphatic carboxylic acids is 1. The Morgan fingerprint density at radius 2 is 2.00 bits per heavy atom. The molecule has 0 bridgehead atoms. The van der Waals surface area contributed by atoms with Gasteiger partial charge in [0.05, 0.1) is 17.8 Å². The van der Waals surface area contributed by atoms with E-state index in [0.29, 0.717) is 5.69 Å². The monoisotopic (exact) mass is 485 g/mol. The Morgan fingerprint density at radius 1 is 1.22 bits per heavy atom. The normalized spacial score (nSPS) is 16.5.